The Hall–Kier alpha value is -1.57. The average molecular weight is 241 g/mol. The molecule has 0 unspecified atom stereocenters. The Bertz CT molecular complexity index is 551. The summed E-state index contributed by atoms with van der Waals surface area (Å²) in [7, 11) is 0. The zero-order chi connectivity index (χ0) is 12.4. The van der Waals surface area contributed by atoms with E-state index in [0.717, 1.165) is 38.5 Å². The number of nitrogens with one attached hydrogen (secondary N) is 1. The third-order valence-electron chi connectivity index (χ3n) is 3.83. The fraction of sp³-hybridized carbons (Fsp3) is 0.438. The molecule has 0 atom stereocenters. The van der Waals surface area contributed by atoms with Gasteiger partial charge in [0.05, 0.1) is 0 Å². The summed E-state index contributed by atoms with van der Waals surface area (Å²) in [5.74, 6) is 0.923. The normalized spacial score (nSPS) is 15.1. The number of ketones is 1. The number of hydrogen-bond acceptors (Lipinski definition) is 1. The molecule has 2 heteroatoms. The van der Waals surface area contributed by atoms with E-state index in [1.165, 1.54) is 16.5 Å². The largest absolute Gasteiger partial charge is 0.361 e. The number of carbonyl (C=O) groups is 1. The van der Waals surface area contributed by atoms with Gasteiger partial charge in [-0.25, -0.2) is 0 Å². The Morgan fingerprint density at radius 1 is 1.22 bits per heavy atom. The van der Waals surface area contributed by atoms with Crippen LogP contribution in [0.4, 0.5) is 0 Å². The maximum atomic E-state index is 11.6. The van der Waals surface area contributed by atoms with Crippen molar-refractivity contribution in [3.63, 3.8) is 0 Å². The fourth-order valence-corrected chi connectivity index (χ4v) is 2.56. The minimum atomic E-state index is 0.429. The Kier molecular flexibility index (Phi) is 3.18. The molecule has 1 N–H and O–H groups in total. The van der Waals surface area contributed by atoms with Crippen LogP contribution in [0.3, 0.4) is 0 Å². The number of carbonyl (C=O) groups excluding carboxylic acids is 1. The highest BCUT2D eigenvalue weighted by molar-refractivity contribution is 5.83. The number of fused-ring (bicyclic) bond motifs is 1. The summed E-state index contributed by atoms with van der Waals surface area (Å²) in [6, 6.07) is 8.40. The minimum absolute atomic E-state index is 0.429. The molecule has 1 aromatic heterocycles. The van der Waals surface area contributed by atoms with Gasteiger partial charge in [-0.05, 0) is 43.7 Å². The van der Waals surface area contributed by atoms with Gasteiger partial charge in [0.2, 0.25) is 0 Å². The number of unbranched alkanes of at least 4 members (excludes halogenated alkanes) is 1. The molecular formula is C16H19NO. The van der Waals surface area contributed by atoms with Gasteiger partial charge in [-0.15, -0.1) is 0 Å². The van der Waals surface area contributed by atoms with E-state index in [4.69, 9.17) is 0 Å². The Labute approximate surface area is 107 Å². The summed E-state index contributed by atoms with van der Waals surface area (Å²) in [6.45, 7) is 0. The number of hydrogen-bond donors (Lipinski definition) is 1. The van der Waals surface area contributed by atoms with Gasteiger partial charge >= 0.3 is 0 Å². The highest BCUT2D eigenvalue weighted by atomic mass is 16.1. The van der Waals surface area contributed by atoms with Gasteiger partial charge in [0.15, 0.2) is 0 Å². The Balaban J connectivity index is 1.52. The van der Waals surface area contributed by atoms with E-state index in [1.54, 1.807) is 0 Å². The molecule has 0 radical (unpaired) electrons. The van der Waals surface area contributed by atoms with Crippen molar-refractivity contribution in [3.05, 3.63) is 36.0 Å². The monoisotopic (exact) mass is 241 g/mol. The summed E-state index contributed by atoms with van der Waals surface area (Å²) in [6.07, 6.45) is 8.39. The third-order valence-corrected chi connectivity index (χ3v) is 3.83. The second-order valence-electron chi connectivity index (χ2n) is 5.31. The molecule has 1 saturated carbocycles. The molecule has 2 nitrogen and oxygen atoms in total. The molecule has 1 aromatic carbocycles. The van der Waals surface area contributed by atoms with Crippen LogP contribution in [0, 0.1) is 5.92 Å². The van der Waals surface area contributed by atoms with Crippen LogP contribution in [0.1, 0.15) is 37.7 Å². The van der Waals surface area contributed by atoms with Crippen molar-refractivity contribution in [2.24, 2.45) is 5.92 Å². The van der Waals surface area contributed by atoms with Crippen LogP contribution < -0.4 is 0 Å². The fourth-order valence-electron chi connectivity index (χ4n) is 2.56. The van der Waals surface area contributed by atoms with Crippen LogP contribution in [0.5, 0.6) is 0 Å². The van der Waals surface area contributed by atoms with E-state index in [2.05, 4.69) is 35.4 Å². The zero-order valence-electron chi connectivity index (χ0n) is 10.6. The standard InChI is InChI=1S/C16H19NO/c18-16(12-9-10-12)8-4-1-5-13-11-17-15-7-3-2-6-14(13)15/h2-3,6-7,11-12,17H,1,4-5,8-10H2. The van der Waals surface area contributed by atoms with E-state index in [0.29, 0.717) is 11.7 Å². The lowest BCUT2D eigenvalue weighted by atomic mass is 10.0. The first-order valence-corrected chi connectivity index (χ1v) is 6.92. The van der Waals surface area contributed by atoms with Crippen LogP contribution in [-0.2, 0) is 11.2 Å². The van der Waals surface area contributed by atoms with Crippen molar-refractivity contribution in [1.29, 1.82) is 0 Å². The number of rotatable bonds is 6. The molecule has 1 heterocycles. The number of aromatic amines is 1. The second kappa shape index (κ2) is 4.97. The van der Waals surface area contributed by atoms with Crippen molar-refractivity contribution in [3.8, 4) is 0 Å². The number of benzene rings is 1. The molecule has 1 aliphatic carbocycles. The molecule has 0 amide bonds. The van der Waals surface area contributed by atoms with Crippen molar-refractivity contribution < 1.29 is 4.79 Å². The van der Waals surface area contributed by atoms with E-state index in [9.17, 15) is 4.79 Å². The first-order chi connectivity index (χ1) is 8.84. The summed E-state index contributed by atoms with van der Waals surface area (Å²) < 4.78 is 0. The Morgan fingerprint density at radius 3 is 2.89 bits per heavy atom. The molecule has 94 valence electrons. The molecule has 18 heavy (non-hydrogen) atoms. The number of para-hydroxylation sites is 1. The van der Waals surface area contributed by atoms with Crippen LogP contribution in [-0.4, -0.2) is 10.8 Å². The highest BCUT2D eigenvalue weighted by Crippen LogP contribution is 2.31. The van der Waals surface area contributed by atoms with Crippen LogP contribution in [0.25, 0.3) is 10.9 Å². The predicted molar refractivity (Wildman–Crippen MR) is 73.6 cm³/mol. The van der Waals surface area contributed by atoms with Gasteiger partial charge in [0, 0.05) is 29.4 Å². The smallest absolute Gasteiger partial charge is 0.135 e. The lowest BCUT2D eigenvalue weighted by molar-refractivity contribution is -0.120. The quantitative estimate of drug-likeness (QED) is 0.765. The zero-order valence-corrected chi connectivity index (χ0v) is 10.6. The molecule has 0 saturated heterocycles. The first kappa shape index (κ1) is 11.5. The van der Waals surface area contributed by atoms with Gasteiger partial charge in [0.25, 0.3) is 0 Å². The molecule has 0 spiro atoms. The second-order valence-corrected chi connectivity index (χ2v) is 5.31. The molecular weight excluding hydrogens is 222 g/mol. The maximum absolute atomic E-state index is 11.6. The Morgan fingerprint density at radius 2 is 2.06 bits per heavy atom. The van der Waals surface area contributed by atoms with E-state index >= 15 is 0 Å². The molecule has 0 aliphatic heterocycles. The minimum Gasteiger partial charge on any atom is -0.361 e. The first-order valence-electron chi connectivity index (χ1n) is 6.92. The summed E-state index contributed by atoms with van der Waals surface area (Å²) >= 11 is 0. The lowest BCUT2D eigenvalue weighted by Crippen LogP contribution is -1.99. The molecule has 0 bridgehead atoms. The van der Waals surface area contributed by atoms with Gasteiger partial charge in [-0.3, -0.25) is 4.79 Å². The van der Waals surface area contributed by atoms with E-state index in [-0.39, 0.29) is 0 Å². The van der Waals surface area contributed by atoms with E-state index < -0.39 is 0 Å². The summed E-state index contributed by atoms with van der Waals surface area (Å²) in [4.78, 5) is 14.9. The average Bonchev–Trinajstić information content (AvgIpc) is 3.17. The lowest BCUT2D eigenvalue weighted by Gasteiger charge is -2.00. The van der Waals surface area contributed by atoms with Crippen LogP contribution in [0.15, 0.2) is 30.5 Å². The van der Waals surface area contributed by atoms with Crippen molar-refractivity contribution in [2.75, 3.05) is 0 Å². The maximum Gasteiger partial charge on any atom is 0.135 e. The summed E-state index contributed by atoms with van der Waals surface area (Å²) in [5.41, 5.74) is 2.59. The van der Waals surface area contributed by atoms with Gasteiger partial charge in [-0.1, -0.05) is 18.2 Å². The van der Waals surface area contributed by atoms with Gasteiger partial charge < -0.3 is 4.98 Å². The number of aromatic nitrogens is 1. The van der Waals surface area contributed by atoms with Gasteiger partial charge in [0.1, 0.15) is 5.78 Å². The topological polar surface area (TPSA) is 32.9 Å². The number of H-pyrrole nitrogens is 1. The highest BCUT2D eigenvalue weighted by Gasteiger charge is 2.28. The molecule has 3 rings (SSSR count). The van der Waals surface area contributed by atoms with Crippen molar-refractivity contribution in [2.45, 2.75) is 38.5 Å². The van der Waals surface area contributed by atoms with Gasteiger partial charge in [-0.2, -0.15) is 0 Å². The third kappa shape index (κ3) is 2.47. The van der Waals surface area contributed by atoms with Crippen LogP contribution in [0.2, 0.25) is 0 Å². The number of aryl methyl sites for hydroxylation is 1. The predicted octanol–water partition coefficient (Wildman–Crippen LogP) is 3.86. The van der Waals surface area contributed by atoms with Crippen molar-refractivity contribution in [1.82, 2.24) is 4.98 Å². The molecule has 1 fully saturated rings. The van der Waals surface area contributed by atoms with Crippen LogP contribution >= 0.6 is 0 Å². The number of Topliss-reactive ketones (excluding diaryl/α,β-unsaturated/α-hetero) is 1. The van der Waals surface area contributed by atoms with Crippen molar-refractivity contribution >= 4 is 16.7 Å². The van der Waals surface area contributed by atoms with E-state index in [1.807, 2.05) is 0 Å². The SMILES string of the molecule is O=C(CCCCc1c[nH]c2ccccc12)C1CC1. The molecule has 2 aromatic rings. The summed E-state index contributed by atoms with van der Waals surface area (Å²) in [5, 5.41) is 1.33. The molecule has 1 aliphatic rings.